The minimum atomic E-state index is 0.529. The third kappa shape index (κ3) is 2.80. The Kier molecular flexibility index (Phi) is 3.91. The van der Waals surface area contributed by atoms with Crippen LogP contribution >= 0.6 is 0 Å². The number of hydrogen-bond acceptors (Lipinski definition) is 3. The molecule has 1 heterocycles. The highest BCUT2D eigenvalue weighted by molar-refractivity contribution is 5.16. The smallest absolute Gasteiger partial charge is 0.0542 e. The molecular formula is C13H21N3. The van der Waals surface area contributed by atoms with E-state index in [4.69, 9.17) is 5.73 Å². The van der Waals surface area contributed by atoms with Crippen molar-refractivity contribution in [1.82, 2.24) is 9.88 Å². The van der Waals surface area contributed by atoms with E-state index >= 15 is 0 Å². The SMILES string of the molecule is CN(Cc1ccnc(CN)c1)C1CCCC1. The van der Waals surface area contributed by atoms with E-state index in [-0.39, 0.29) is 0 Å². The Hall–Kier alpha value is -0.930. The monoisotopic (exact) mass is 219 g/mol. The molecule has 1 aromatic rings. The van der Waals surface area contributed by atoms with Gasteiger partial charge in [-0.05, 0) is 37.6 Å². The van der Waals surface area contributed by atoms with Crippen LogP contribution in [0.2, 0.25) is 0 Å². The third-order valence-corrected chi connectivity index (χ3v) is 3.47. The van der Waals surface area contributed by atoms with Crippen LogP contribution in [0, 0.1) is 0 Å². The highest BCUT2D eigenvalue weighted by atomic mass is 15.1. The fourth-order valence-corrected chi connectivity index (χ4v) is 2.50. The molecule has 0 unspecified atom stereocenters. The molecule has 88 valence electrons. The van der Waals surface area contributed by atoms with Gasteiger partial charge in [-0.2, -0.15) is 0 Å². The first-order valence-corrected chi connectivity index (χ1v) is 6.13. The summed E-state index contributed by atoms with van der Waals surface area (Å²) in [6.45, 7) is 1.54. The van der Waals surface area contributed by atoms with Crippen molar-refractivity contribution in [2.24, 2.45) is 5.73 Å². The number of aromatic nitrogens is 1. The largest absolute Gasteiger partial charge is 0.325 e. The van der Waals surface area contributed by atoms with Crippen LogP contribution in [0.5, 0.6) is 0 Å². The van der Waals surface area contributed by atoms with Gasteiger partial charge in [0.15, 0.2) is 0 Å². The molecule has 0 aliphatic heterocycles. The molecule has 1 aliphatic rings. The Bertz CT molecular complexity index is 332. The van der Waals surface area contributed by atoms with Crippen LogP contribution < -0.4 is 5.73 Å². The molecule has 0 atom stereocenters. The summed E-state index contributed by atoms with van der Waals surface area (Å²) in [7, 11) is 2.22. The van der Waals surface area contributed by atoms with Gasteiger partial charge >= 0.3 is 0 Å². The lowest BCUT2D eigenvalue weighted by Crippen LogP contribution is -2.28. The van der Waals surface area contributed by atoms with E-state index in [2.05, 4.69) is 29.1 Å². The van der Waals surface area contributed by atoms with E-state index in [9.17, 15) is 0 Å². The zero-order valence-corrected chi connectivity index (χ0v) is 10.0. The molecule has 0 amide bonds. The van der Waals surface area contributed by atoms with Crippen LogP contribution in [0.4, 0.5) is 0 Å². The highest BCUT2D eigenvalue weighted by Gasteiger charge is 2.19. The molecule has 16 heavy (non-hydrogen) atoms. The van der Waals surface area contributed by atoms with Gasteiger partial charge in [-0.3, -0.25) is 9.88 Å². The molecule has 1 saturated carbocycles. The van der Waals surface area contributed by atoms with Crippen LogP contribution in [0.3, 0.4) is 0 Å². The Balaban J connectivity index is 1.96. The van der Waals surface area contributed by atoms with Crippen molar-refractivity contribution >= 4 is 0 Å². The second-order valence-electron chi connectivity index (χ2n) is 4.71. The van der Waals surface area contributed by atoms with Crippen molar-refractivity contribution < 1.29 is 0 Å². The lowest BCUT2D eigenvalue weighted by atomic mass is 10.1. The van der Waals surface area contributed by atoms with E-state index < -0.39 is 0 Å². The number of rotatable bonds is 4. The summed E-state index contributed by atoms with van der Waals surface area (Å²) in [5, 5.41) is 0. The van der Waals surface area contributed by atoms with E-state index in [0.717, 1.165) is 18.3 Å². The molecular weight excluding hydrogens is 198 g/mol. The lowest BCUT2D eigenvalue weighted by molar-refractivity contribution is 0.237. The van der Waals surface area contributed by atoms with Gasteiger partial charge in [0.2, 0.25) is 0 Å². The zero-order chi connectivity index (χ0) is 11.4. The number of pyridine rings is 1. The Labute approximate surface area is 97.7 Å². The summed E-state index contributed by atoms with van der Waals surface area (Å²) in [6.07, 6.45) is 7.34. The maximum absolute atomic E-state index is 5.60. The predicted octanol–water partition coefficient (Wildman–Crippen LogP) is 1.91. The summed E-state index contributed by atoms with van der Waals surface area (Å²) in [5.74, 6) is 0. The summed E-state index contributed by atoms with van der Waals surface area (Å²) >= 11 is 0. The average Bonchev–Trinajstić information content (AvgIpc) is 2.83. The zero-order valence-electron chi connectivity index (χ0n) is 10.0. The van der Waals surface area contributed by atoms with Gasteiger partial charge in [0.05, 0.1) is 5.69 Å². The molecule has 3 nitrogen and oxygen atoms in total. The second-order valence-corrected chi connectivity index (χ2v) is 4.71. The number of nitrogens with zero attached hydrogens (tertiary/aromatic N) is 2. The molecule has 0 radical (unpaired) electrons. The van der Waals surface area contributed by atoms with Crippen molar-refractivity contribution in [1.29, 1.82) is 0 Å². The lowest BCUT2D eigenvalue weighted by Gasteiger charge is -2.24. The van der Waals surface area contributed by atoms with E-state index in [1.54, 1.807) is 0 Å². The molecule has 3 heteroatoms. The van der Waals surface area contributed by atoms with Gasteiger partial charge in [-0.1, -0.05) is 12.8 Å². The maximum atomic E-state index is 5.60. The minimum absolute atomic E-state index is 0.529. The quantitative estimate of drug-likeness (QED) is 0.841. The first kappa shape index (κ1) is 11.6. The summed E-state index contributed by atoms with van der Waals surface area (Å²) in [5.41, 5.74) is 7.90. The van der Waals surface area contributed by atoms with Crippen LogP contribution in [0.25, 0.3) is 0 Å². The molecule has 0 bridgehead atoms. The van der Waals surface area contributed by atoms with Crippen molar-refractivity contribution in [3.63, 3.8) is 0 Å². The molecule has 0 aromatic carbocycles. The second kappa shape index (κ2) is 5.41. The average molecular weight is 219 g/mol. The minimum Gasteiger partial charge on any atom is -0.325 e. The number of nitrogens with two attached hydrogens (primary N) is 1. The topological polar surface area (TPSA) is 42.2 Å². The number of hydrogen-bond donors (Lipinski definition) is 1. The highest BCUT2D eigenvalue weighted by Crippen LogP contribution is 2.23. The molecule has 0 saturated heterocycles. The Morgan fingerprint density at radius 1 is 1.44 bits per heavy atom. The van der Waals surface area contributed by atoms with Gasteiger partial charge in [0.1, 0.15) is 0 Å². The van der Waals surface area contributed by atoms with Gasteiger partial charge in [-0.15, -0.1) is 0 Å². The maximum Gasteiger partial charge on any atom is 0.0542 e. The Morgan fingerprint density at radius 3 is 2.88 bits per heavy atom. The normalized spacial score (nSPS) is 17.2. The molecule has 1 aromatic heterocycles. The first-order chi connectivity index (χ1) is 7.79. The molecule has 2 rings (SSSR count). The summed E-state index contributed by atoms with van der Waals surface area (Å²) in [4.78, 5) is 6.68. The van der Waals surface area contributed by atoms with Crippen LogP contribution in [0.1, 0.15) is 36.9 Å². The van der Waals surface area contributed by atoms with Gasteiger partial charge in [0, 0.05) is 25.3 Å². The Morgan fingerprint density at radius 2 is 2.19 bits per heavy atom. The van der Waals surface area contributed by atoms with Crippen molar-refractivity contribution in [2.45, 2.75) is 44.8 Å². The van der Waals surface area contributed by atoms with E-state index in [1.807, 2.05) is 6.20 Å². The van der Waals surface area contributed by atoms with Crippen molar-refractivity contribution in [3.8, 4) is 0 Å². The molecule has 1 aliphatic carbocycles. The van der Waals surface area contributed by atoms with Gasteiger partial charge < -0.3 is 5.73 Å². The first-order valence-electron chi connectivity index (χ1n) is 6.13. The fraction of sp³-hybridized carbons (Fsp3) is 0.615. The van der Waals surface area contributed by atoms with Crippen LogP contribution in [-0.2, 0) is 13.1 Å². The van der Waals surface area contributed by atoms with Crippen LogP contribution in [0.15, 0.2) is 18.3 Å². The fourth-order valence-electron chi connectivity index (χ4n) is 2.50. The predicted molar refractivity (Wildman–Crippen MR) is 65.9 cm³/mol. The van der Waals surface area contributed by atoms with E-state index in [1.165, 1.54) is 31.2 Å². The van der Waals surface area contributed by atoms with Crippen LogP contribution in [-0.4, -0.2) is 23.0 Å². The van der Waals surface area contributed by atoms with Gasteiger partial charge in [0.25, 0.3) is 0 Å². The summed E-state index contributed by atoms with van der Waals surface area (Å²) < 4.78 is 0. The molecule has 2 N–H and O–H groups in total. The standard InChI is InChI=1S/C13H21N3/c1-16(13-4-2-3-5-13)10-11-6-7-15-12(8-11)9-14/h6-8,13H,2-5,9-10,14H2,1H3. The van der Waals surface area contributed by atoms with Crippen molar-refractivity contribution in [3.05, 3.63) is 29.6 Å². The van der Waals surface area contributed by atoms with Gasteiger partial charge in [-0.25, -0.2) is 0 Å². The third-order valence-electron chi connectivity index (χ3n) is 3.47. The van der Waals surface area contributed by atoms with E-state index in [0.29, 0.717) is 6.54 Å². The van der Waals surface area contributed by atoms with Crippen molar-refractivity contribution in [2.75, 3.05) is 7.05 Å². The molecule has 0 spiro atoms. The summed E-state index contributed by atoms with van der Waals surface area (Å²) in [6, 6.07) is 4.98. The molecule has 1 fully saturated rings.